The van der Waals surface area contributed by atoms with E-state index in [4.69, 9.17) is 4.74 Å². The zero-order valence-corrected chi connectivity index (χ0v) is 23.3. The first-order chi connectivity index (χ1) is 17.7. The largest absolute Gasteiger partial charge is 0.492 e. The van der Waals surface area contributed by atoms with E-state index in [1.54, 1.807) is 29.2 Å². The van der Waals surface area contributed by atoms with Crippen molar-refractivity contribution in [2.24, 2.45) is 0 Å². The van der Waals surface area contributed by atoms with Gasteiger partial charge in [-0.15, -0.1) is 0 Å². The molecule has 0 aromatic heterocycles. The molecule has 0 aliphatic rings. The molecule has 0 spiro atoms. The lowest BCUT2D eigenvalue weighted by Gasteiger charge is -2.31. The number of sulfonamides is 1. The first-order valence-electron chi connectivity index (χ1n) is 13.0. The monoisotopic (exact) mass is 531 g/mol. The number of para-hydroxylation sites is 2. The highest BCUT2D eigenvalue weighted by molar-refractivity contribution is 7.92. The SMILES string of the molecule is CCCCNC(=O)C(CC)N(Cc1ccccc1)C(=O)CCCN(c1ccccc1OCC)S(C)(=O)=O. The van der Waals surface area contributed by atoms with Crippen molar-refractivity contribution < 1.29 is 22.7 Å². The molecule has 204 valence electrons. The topological polar surface area (TPSA) is 96.0 Å². The van der Waals surface area contributed by atoms with E-state index in [-0.39, 0.29) is 24.8 Å². The lowest BCUT2D eigenvalue weighted by molar-refractivity contribution is -0.141. The first-order valence-corrected chi connectivity index (χ1v) is 14.9. The molecule has 0 saturated carbocycles. The Morgan fingerprint density at radius 3 is 2.27 bits per heavy atom. The van der Waals surface area contributed by atoms with Gasteiger partial charge in [-0.05, 0) is 43.9 Å². The molecule has 2 rings (SSSR count). The van der Waals surface area contributed by atoms with Crippen molar-refractivity contribution >= 4 is 27.5 Å². The van der Waals surface area contributed by atoms with Crippen LogP contribution in [0.25, 0.3) is 0 Å². The van der Waals surface area contributed by atoms with Crippen LogP contribution in [0.3, 0.4) is 0 Å². The van der Waals surface area contributed by atoms with Crippen molar-refractivity contribution in [3.63, 3.8) is 0 Å². The van der Waals surface area contributed by atoms with E-state index in [2.05, 4.69) is 12.2 Å². The number of hydrogen-bond acceptors (Lipinski definition) is 5. The number of carbonyl (C=O) groups is 2. The van der Waals surface area contributed by atoms with Gasteiger partial charge in [-0.1, -0.05) is 62.7 Å². The van der Waals surface area contributed by atoms with E-state index in [1.165, 1.54) is 4.31 Å². The number of carbonyl (C=O) groups excluding carboxylic acids is 2. The van der Waals surface area contributed by atoms with Gasteiger partial charge in [0.05, 0.1) is 18.6 Å². The smallest absolute Gasteiger partial charge is 0.242 e. The summed E-state index contributed by atoms with van der Waals surface area (Å²) in [6.45, 7) is 7.19. The molecule has 1 N–H and O–H groups in total. The fraction of sp³-hybridized carbons (Fsp3) is 0.500. The average Bonchev–Trinajstić information content (AvgIpc) is 2.87. The van der Waals surface area contributed by atoms with Gasteiger partial charge < -0.3 is 15.0 Å². The number of nitrogens with one attached hydrogen (secondary N) is 1. The minimum Gasteiger partial charge on any atom is -0.492 e. The predicted molar refractivity (Wildman–Crippen MR) is 148 cm³/mol. The zero-order valence-electron chi connectivity index (χ0n) is 22.5. The fourth-order valence-corrected chi connectivity index (χ4v) is 5.10. The van der Waals surface area contributed by atoms with E-state index in [0.717, 1.165) is 24.7 Å². The highest BCUT2D eigenvalue weighted by Gasteiger charge is 2.29. The molecule has 8 nitrogen and oxygen atoms in total. The summed E-state index contributed by atoms with van der Waals surface area (Å²) in [5.74, 6) is 0.124. The van der Waals surface area contributed by atoms with Crippen LogP contribution in [-0.4, -0.2) is 57.1 Å². The van der Waals surface area contributed by atoms with Crippen LogP contribution in [0.5, 0.6) is 5.75 Å². The summed E-state index contributed by atoms with van der Waals surface area (Å²) in [7, 11) is -3.61. The number of ether oxygens (including phenoxy) is 1. The number of benzene rings is 2. The quantitative estimate of drug-likeness (QED) is 0.325. The molecule has 0 heterocycles. The van der Waals surface area contributed by atoms with Gasteiger partial charge in [0.25, 0.3) is 0 Å². The molecule has 0 radical (unpaired) electrons. The van der Waals surface area contributed by atoms with Crippen molar-refractivity contribution in [2.45, 2.75) is 65.5 Å². The number of rotatable bonds is 16. The summed E-state index contributed by atoms with van der Waals surface area (Å²) in [6, 6.07) is 15.9. The van der Waals surface area contributed by atoms with Crippen molar-refractivity contribution in [2.75, 3.05) is 30.3 Å². The van der Waals surface area contributed by atoms with Crippen molar-refractivity contribution in [3.05, 3.63) is 60.2 Å². The summed E-state index contributed by atoms with van der Waals surface area (Å²) in [4.78, 5) is 28.1. The molecule has 2 aromatic carbocycles. The van der Waals surface area contributed by atoms with E-state index < -0.39 is 16.1 Å². The second-order valence-corrected chi connectivity index (χ2v) is 10.8. The Hall–Kier alpha value is -3.07. The van der Waals surface area contributed by atoms with E-state index >= 15 is 0 Å². The Morgan fingerprint density at radius 1 is 0.973 bits per heavy atom. The molecule has 2 aromatic rings. The molecular formula is C28H41N3O5S. The van der Waals surface area contributed by atoms with Crippen LogP contribution >= 0.6 is 0 Å². The van der Waals surface area contributed by atoms with Crippen LogP contribution < -0.4 is 14.4 Å². The first kappa shape index (κ1) is 30.2. The number of amides is 2. The molecule has 0 bridgehead atoms. The molecule has 0 fully saturated rings. The Bertz CT molecular complexity index is 1090. The Morgan fingerprint density at radius 2 is 1.65 bits per heavy atom. The van der Waals surface area contributed by atoms with Crippen LogP contribution in [0.1, 0.15) is 58.4 Å². The number of unbranched alkanes of at least 4 members (excludes halogenated alkanes) is 1. The molecule has 2 amide bonds. The molecule has 1 unspecified atom stereocenters. The van der Waals surface area contributed by atoms with Crippen molar-refractivity contribution in [3.8, 4) is 5.75 Å². The van der Waals surface area contributed by atoms with Gasteiger partial charge >= 0.3 is 0 Å². The van der Waals surface area contributed by atoms with Crippen LogP contribution in [0.15, 0.2) is 54.6 Å². The Kier molecular flexibility index (Phi) is 12.4. The lowest BCUT2D eigenvalue weighted by Crippen LogP contribution is -2.49. The fourth-order valence-electron chi connectivity index (χ4n) is 4.13. The molecule has 0 saturated heterocycles. The van der Waals surface area contributed by atoms with Gasteiger partial charge in [-0.3, -0.25) is 13.9 Å². The second kappa shape index (κ2) is 15.2. The third-order valence-electron chi connectivity index (χ3n) is 6.00. The van der Waals surface area contributed by atoms with Gasteiger partial charge in [0, 0.05) is 26.1 Å². The predicted octanol–water partition coefficient (Wildman–Crippen LogP) is 4.36. The highest BCUT2D eigenvalue weighted by atomic mass is 32.2. The van der Waals surface area contributed by atoms with Gasteiger partial charge in [0.1, 0.15) is 11.8 Å². The van der Waals surface area contributed by atoms with Gasteiger partial charge in [-0.2, -0.15) is 0 Å². The number of hydrogen-bond donors (Lipinski definition) is 1. The maximum absolute atomic E-state index is 13.5. The van der Waals surface area contributed by atoms with E-state index in [9.17, 15) is 18.0 Å². The van der Waals surface area contributed by atoms with E-state index in [0.29, 0.717) is 44.0 Å². The van der Waals surface area contributed by atoms with Crippen molar-refractivity contribution in [1.82, 2.24) is 10.2 Å². The molecule has 37 heavy (non-hydrogen) atoms. The minimum atomic E-state index is -3.61. The molecular weight excluding hydrogens is 490 g/mol. The van der Waals surface area contributed by atoms with Crippen LogP contribution in [0.2, 0.25) is 0 Å². The molecule has 9 heteroatoms. The van der Waals surface area contributed by atoms with Crippen LogP contribution in [0.4, 0.5) is 5.69 Å². The normalized spacial score (nSPS) is 12.0. The molecule has 0 aliphatic heterocycles. The van der Waals surface area contributed by atoms with Crippen LogP contribution in [-0.2, 0) is 26.2 Å². The van der Waals surface area contributed by atoms with E-state index in [1.807, 2.05) is 44.2 Å². The summed E-state index contributed by atoms with van der Waals surface area (Å²) >= 11 is 0. The maximum atomic E-state index is 13.5. The molecule has 1 atom stereocenters. The number of nitrogens with zero attached hydrogens (tertiary/aromatic N) is 2. The Balaban J connectivity index is 2.20. The third-order valence-corrected chi connectivity index (χ3v) is 7.18. The zero-order chi connectivity index (χ0) is 27.3. The molecule has 0 aliphatic carbocycles. The van der Waals surface area contributed by atoms with Gasteiger partial charge in [0.15, 0.2) is 0 Å². The van der Waals surface area contributed by atoms with Crippen molar-refractivity contribution in [1.29, 1.82) is 0 Å². The summed E-state index contributed by atoms with van der Waals surface area (Å²) < 4.78 is 32.2. The highest BCUT2D eigenvalue weighted by Crippen LogP contribution is 2.30. The third kappa shape index (κ3) is 9.39. The standard InChI is InChI=1S/C28H41N3O5S/c1-5-8-20-29-28(33)24(6-2)30(22-23-15-10-9-11-16-23)27(32)19-14-21-31(37(4,34)35)25-17-12-13-18-26(25)36-7-3/h9-13,15-18,24H,5-8,14,19-22H2,1-4H3,(H,29,33). The summed E-state index contributed by atoms with van der Waals surface area (Å²) in [6.07, 6.45) is 3.87. The number of anilines is 1. The lowest BCUT2D eigenvalue weighted by atomic mass is 10.1. The van der Waals surface area contributed by atoms with Crippen LogP contribution in [0, 0.1) is 0 Å². The second-order valence-electron chi connectivity index (χ2n) is 8.92. The van der Waals surface area contributed by atoms with Gasteiger partial charge in [-0.25, -0.2) is 8.42 Å². The summed E-state index contributed by atoms with van der Waals surface area (Å²) in [5, 5.41) is 2.96. The van der Waals surface area contributed by atoms with Gasteiger partial charge in [0.2, 0.25) is 21.8 Å². The Labute approximate surface area is 222 Å². The average molecular weight is 532 g/mol. The maximum Gasteiger partial charge on any atom is 0.242 e. The minimum absolute atomic E-state index is 0.106. The summed E-state index contributed by atoms with van der Waals surface area (Å²) in [5.41, 5.74) is 1.38.